The molecule has 0 unspecified atom stereocenters. The Labute approximate surface area is 237 Å². The molecular weight excluding hydrogens is 622 g/mol. The Morgan fingerprint density at radius 1 is 0.946 bits per heavy atom. The van der Waals surface area contributed by atoms with Crippen molar-refractivity contribution in [2.75, 3.05) is 18.6 Å². The van der Waals surface area contributed by atoms with Crippen molar-refractivity contribution in [2.45, 2.75) is 28.5 Å². The molecule has 5 rings (SSSR count). The summed E-state index contributed by atoms with van der Waals surface area (Å²) in [6, 6.07) is 15.9. The van der Waals surface area contributed by atoms with Gasteiger partial charge in [-0.15, -0.1) is 0 Å². The molecule has 6 nitrogen and oxygen atoms in total. The van der Waals surface area contributed by atoms with Gasteiger partial charge >= 0.3 is 5.97 Å². The first kappa shape index (κ1) is 26.6. The van der Waals surface area contributed by atoms with E-state index in [2.05, 4.69) is 31.9 Å². The molecule has 3 fully saturated rings. The highest BCUT2D eigenvalue weighted by molar-refractivity contribution is 9.12. The van der Waals surface area contributed by atoms with Crippen LogP contribution in [0.1, 0.15) is 23.2 Å². The third-order valence-electron chi connectivity index (χ3n) is 7.86. The third kappa shape index (κ3) is 4.83. The normalized spacial score (nSPS) is 28.9. The molecule has 1 aliphatic heterocycles. The molecule has 2 aromatic rings. The Morgan fingerprint density at radius 2 is 1.51 bits per heavy atom. The van der Waals surface area contributed by atoms with Crippen molar-refractivity contribution in [3.8, 4) is 11.1 Å². The number of thioether (sulfide) groups is 1. The number of ketones is 1. The highest BCUT2D eigenvalue weighted by atomic mass is 79.9. The van der Waals surface area contributed by atoms with Crippen molar-refractivity contribution < 1.29 is 23.9 Å². The van der Waals surface area contributed by atoms with E-state index in [0.29, 0.717) is 17.7 Å². The van der Waals surface area contributed by atoms with Gasteiger partial charge in [0.05, 0.1) is 11.8 Å². The number of ether oxygens (including phenoxy) is 1. The number of benzene rings is 2. The number of carbonyl (C=O) groups is 4. The Hall–Kier alpha value is -1.97. The second-order valence-electron chi connectivity index (χ2n) is 9.82. The highest BCUT2D eigenvalue weighted by Crippen LogP contribution is 2.60. The van der Waals surface area contributed by atoms with Crippen LogP contribution in [-0.4, -0.2) is 62.8 Å². The molecule has 0 N–H and O–H groups in total. The fourth-order valence-electron chi connectivity index (χ4n) is 6.06. The number of carbonyl (C=O) groups excluding carboxylic acids is 4. The summed E-state index contributed by atoms with van der Waals surface area (Å²) in [6.07, 6.45) is 3.02. The van der Waals surface area contributed by atoms with E-state index < -0.39 is 30.5 Å². The Morgan fingerprint density at radius 3 is 2.08 bits per heavy atom. The van der Waals surface area contributed by atoms with Gasteiger partial charge in [-0.2, -0.15) is 11.8 Å². The van der Waals surface area contributed by atoms with Crippen molar-refractivity contribution in [2.24, 2.45) is 23.7 Å². The molecular formula is C28H27Br2NO5S. The van der Waals surface area contributed by atoms with Crippen molar-refractivity contribution >= 4 is 67.2 Å². The molecule has 37 heavy (non-hydrogen) atoms. The standard InChI is InChI=1S/C28H27Br2NO5S/c1-37-12-11-20(31-26(33)22-18-13-19(23(22)27(31)34)25(30)24(18)29)28(35)36-14-21(32)17-9-7-16(8-10-17)15-5-3-2-4-6-15/h2-10,18-20,22-25H,11-14H2,1H3/t18-,19-,20-,22-,23+,24-,25+/m1/s1. The van der Waals surface area contributed by atoms with Gasteiger partial charge in [-0.3, -0.25) is 19.3 Å². The minimum atomic E-state index is -1.02. The maximum atomic E-state index is 13.4. The van der Waals surface area contributed by atoms with Crippen molar-refractivity contribution in [1.29, 1.82) is 0 Å². The molecule has 2 amide bonds. The first-order chi connectivity index (χ1) is 17.8. The number of imide groups is 1. The van der Waals surface area contributed by atoms with Gasteiger partial charge < -0.3 is 4.74 Å². The van der Waals surface area contributed by atoms with Crippen LogP contribution in [-0.2, 0) is 19.1 Å². The topological polar surface area (TPSA) is 80.8 Å². The number of hydrogen-bond acceptors (Lipinski definition) is 6. The zero-order valence-electron chi connectivity index (χ0n) is 20.2. The lowest BCUT2D eigenvalue weighted by atomic mass is 9.81. The largest absolute Gasteiger partial charge is 0.456 e. The first-order valence-electron chi connectivity index (χ1n) is 12.3. The van der Waals surface area contributed by atoms with Crippen LogP contribution in [0.5, 0.6) is 0 Å². The first-order valence-corrected chi connectivity index (χ1v) is 15.5. The SMILES string of the molecule is CSCC[C@H](C(=O)OCC(=O)c1ccc(-c2ccccc2)cc1)N1C(=O)[C@@H]2[C@H]3C[C@@H]([C@H](Br)[C@@H]3Br)[C@@H]2C1=O. The summed E-state index contributed by atoms with van der Waals surface area (Å²) in [4.78, 5) is 54.2. The number of amides is 2. The van der Waals surface area contributed by atoms with Gasteiger partial charge in [-0.25, -0.2) is 4.79 Å². The fourth-order valence-corrected chi connectivity index (χ4v) is 8.39. The molecule has 194 valence electrons. The van der Waals surface area contributed by atoms with Crippen LogP contribution in [0.15, 0.2) is 54.6 Å². The molecule has 1 saturated heterocycles. The second-order valence-corrected chi connectivity index (χ2v) is 12.9. The Balaban J connectivity index is 1.27. The lowest BCUT2D eigenvalue weighted by Gasteiger charge is -2.28. The summed E-state index contributed by atoms with van der Waals surface area (Å²) < 4.78 is 5.41. The van der Waals surface area contributed by atoms with Crippen LogP contribution in [0.2, 0.25) is 0 Å². The van der Waals surface area contributed by atoms with Crippen LogP contribution >= 0.6 is 43.6 Å². The molecule has 0 aromatic heterocycles. The number of hydrogen-bond donors (Lipinski definition) is 0. The number of halogens is 2. The Bertz CT molecular complexity index is 1170. The predicted molar refractivity (Wildman–Crippen MR) is 150 cm³/mol. The van der Waals surface area contributed by atoms with Crippen molar-refractivity contribution in [3.63, 3.8) is 0 Å². The van der Waals surface area contributed by atoms with E-state index in [1.807, 2.05) is 48.7 Å². The van der Waals surface area contributed by atoms with E-state index in [1.54, 1.807) is 12.1 Å². The van der Waals surface area contributed by atoms with E-state index in [0.717, 1.165) is 22.4 Å². The monoisotopic (exact) mass is 647 g/mol. The fraction of sp³-hybridized carbons (Fsp3) is 0.429. The predicted octanol–water partition coefficient (Wildman–Crippen LogP) is 4.98. The third-order valence-corrected chi connectivity index (χ3v) is 11.7. The number of alkyl halides is 2. The Kier molecular flexibility index (Phi) is 7.93. The van der Waals surface area contributed by atoms with Crippen molar-refractivity contribution in [3.05, 3.63) is 60.2 Å². The molecule has 2 bridgehead atoms. The van der Waals surface area contributed by atoms with E-state index in [-0.39, 0.29) is 39.1 Å². The van der Waals surface area contributed by atoms with E-state index in [1.165, 1.54) is 11.8 Å². The summed E-state index contributed by atoms with van der Waals surface area (Å²) >= 11 is 8.91. The van der Waals surface area contributed by atoms with Crippen LogP contribution in [0.3, 0.4) is 0 Å². The van der Waals surface area contributed by atoms with Gasteiger partial charge in [0.2, 0.25) is 11.8 Å². The number of rotatable bonds is 9. The lowest BCUT2D eigenvalue weighted by molar-refractivity contribution is -0.158. The smallest absolute Gasteiger partial charge is 0.329 e. The summed E-state index contributed by atoms with van der Waals surface area (Å²) in [5, 5.41) is 0. The number of likely N-dealkylation sites (tertiary alicyclic amines) is 1. The maximum Gasteiger partial charge on any atom is 0.329 e. The molecule has 7 atom stereocenters. The van der Waals surface area contributed by atoms with Crippen LogP contribution in [0.25, 0.3) is 11.1 Å². The molecule has 2 aliphatic carbocycles. The zero-order valence-corrected chi connectivity index (χ0v) is 24.2. The molecule has 0 radical (unpaired) electrons. The van der Waals surface area contributed by atoms with Gasteiger partial charge in [-0.05, 0) is 47.8 Å². The number of nitrogens with zero attached hydrogens (tertiary/aromatic N) is 1. The minimum absolute atomic E-state index is 0.0680. The molecule has 2 aromatic carbocycles. The van der Waals surface area contributed by atoms with Gasteiger partial charge in [-0.1, -0.05) is 86.5 Å². The van der Waals surface area contributed by atoms with Crippen LogP contribution in [0.4, 0.5) is 0 Å². The average molecular weight is 649 g/mol. The number of Topliss-reactive ketones (excluding diaryl/α,β-unsaturated/α-hetero) is 1. The van der Waals surface area contributed by atoms with Gasteiger partial charge in [0.15, 0.2) is 12.4 Å². The quantitative estimate of drug-likeness (QED) is 0.165. The summed E-state index contributed by atoms with van der Waals surface area (Å²) in [7, 11) is 0. The van der Waals surface area contributed by atoms with Gasteiger partial charge in [0.25, 0.3) is 0 Å². The molecule has 3 aliphatic rings. The highest BCUT2D eigenvalue weighted by Gasteiger charge is 2.67. The summed E-state index contributed by atoms with van der Waals surface area (Å²) in [5.74, 6) is -1.69. The van der Waals surface area contributed by atoms with Gasteiger partial charge in [0.1, 0.15) is 6.04 Å². The number of esters is 1. The summed E-state index contributed by atoms with van der Waals surface area (Å²) in [5.41, 5.74) is 2.45. The molecule has 0 spiro atoms. The average Bonchev–Trinajstić information content (AvgIpc) is 3.53. The van der Waals surface area contributed by atoms with E-state index >= 15 is 0 Å². The van der Waals surface area contributed by atoms with Gasteiger partial charge in [0, 0.05) is 15.2 Å². The van der Waals surface area contributed by atoms with Crippen LogP contribution in [0, 0.1) is 23.7 Å². The zero-order chi connectivity index (χ0) is 26.3. The maximum absolute atomic E-state index is 13.4. The minimum Gasteiger partial charge on any atom is -0.456 e. The molecule has 1 heterocycles. The molecule has 2 saturated carbocycles. The van der Waals surface area contributed by atoms with E-state index in [9.17, 15) is 19.2 Å². The lowest BCUT2D eigenvalue weighted by Crippen LogP contribution is -2.47. The van der Waals surface area contributed by atoms with Crippen LogP contribution < -0.4 is 0 Å². The number of fused-ring (bicyclic) bond motifs is 5. The second kappa shape index (κ2) is 11.0. The summed E-state index contributed by atoms with van der Waals surface area (Å²) in [6.45, 7) is -0.444. The van der Waals surface area contributed by atoms with Crippen molar-refractivity contribution in [1.82, 2.24) is 4.90 Å². The van der Waals surface area contributed by atoms with E-state index in [4.69, 9.17) is 4.74 Å². The molecule has 9 heteroatoms.